The quantitative estimate of drug-likeness (QED) is 0.933. The topological polar surface area (TPSA) is 80.9 Å². The van der Waals surface area contributed by atoms with Crippen molar-refractivity contribution in [3.8, 4) is 11.4 Å². The van der Waals surface area contributed by atoms with Crippen molar-refractivity contribution in [2.45, 2.75) is 13.0 Å². The maximum atomic E-state index is 10.9. The lowest BCUT2D eigenvalue weighted by atomic mass is 10.2. The van der Waals surface area contributed by atoms with E-state index in [0.29, 0.717) is 5.82 Å². The Balaban J connectivity index is 2.47. The lowest BCUT2D eigenvalue weighted by Gasteiger charge is -2.08. The number of aromatic nitrogens is 4. The van der Waals surface area contributed by atoms with Gasteiger partial charge in [0.15, 0.2) is 11.9 Å². The molecule has 0 amide bonds. The monoisotopic (exact) mass is 296 g/mol. The minimum Gasteiger partial charge on any atom is -0.480 e. The number of carbonyl (C=O) groups is 1. The van der Waals surface area contributed by atoms with Crippen LogP contribution in [0.5, 0.6) is 0 Å². The first-order chi connectivity index (χ1) is 8.09. The molecule has 0 saturated heterocycles. The molecule has 0 aliphatic heterocycles. The van der Waals surface area contributed by atoms with Gasteiger partial charge < -0.3 is 5.11 Å². The smallest absolute Gasteiger partial charge is 0.328 e. The van der Waals surface area contributed by atoms with Gasteiger partial charge in [0.2, 0.25) is 0 Å². The molecule has 2 rings (SSSR count). The average Bonchev–Trinajstić information content (AvgIpc) is 2.76. The van der Waals surface area contributed by atoms with Crippen LogP contribution < -0.4 is 0 Å². The van der Waals surface area contributed by atoms with Gasteiger partial charge in [-0.25, -0.2) is 9.48 Å². The summed E-state index contributed by atoms with van der Waals surface area (Å²) in [6.45, 7) is 1.53. The maximum Gasteiger partial charge on any atom is 0.328 e. The molecule has 1 heterocycles. The van der Waals surface area contributed by atoms with E-state index in [-0.39, 0.29) is 0 Å². The van der Waals surface area contributed by atoms with Gasteiger partial charge in [-0.05, 0) is 29.5 Å². The number of carboxylic acid groups (broad SMARTS) is 1. The van der Waals surface area contributed by atoms with Crippen molar-refractivity contribution in [1.82, 2.24) is 20.2 Å². The number of hydrogen-bond donors (Lipinski definition) is 1. The van der Waals surface area contributed by atoms with Gasteiger partial charge in [-0.15, -0.1) is 5.10 Å². The van der Waals surface area contributed by atoms with Crippen LogP contribution in [0.15, 0.2) is 28.7 Å². The summed E-state index contributed by atoms with van der Waals surface area (Å²) >= 11 is 3.34. The van der Waals surface area contributed by atoms with Crippen molar-refractivity contribution in [1.29, 1.82) is 0 Å². The Morgan fingerprint density at radius 1 is 1.53 bits per heavy atom. The number of benzene rings is 1. The number of nitrogens with zero attached hydrogens (tertiary/aromatic N) is 4. The SMILES string of the molecule is CC(C(=O)O)n1nnnc1-c1cccc(Br)c1. The first kappa shape index (κ1) is 11.7. The van der Waals surface area contributed by atoms with E-state index >= 15 is 0 Å². The molecule has 6 nitrogen and oxygen atoms in total. The minimum absolute atomic E-state index is 0.432. The van der Waals surface area contributed by atoms with E-state index in [1.54, 1.807) is 0 Å². The van der Waals surface area contributed by atoms with Gasteiger partial charge in [-0.3, -0.25) is 0 Å². The summed E-state index contributed by atoms with van der Waals surface area (Å²) in [6, 6.07) is 6.56. The highest BCUT2D eigenvalue weighted by Gasteiger charge is 2.20. The second-order valence-electron chi connectivity index (χ2n) is 3.47. The number of rotatable bonds is 3. The zero-order valence-corrected chi connectivity index (χ0v) is 10.5. The summed E-state index contributed by atoms with van der Waals surface area (Å²) in [7, 11) is 0. The van der Waals surface area contributed by atoms with Crippen LogP contribution in [0.2, 0.25) is 0 Å². The molecular weight excluding hydrogens is 288 g/mol. The van der Waals surface area contributed by atoms with Gasteiger partial charge in [-0.1, -0.05) is 28.1 Å². The van der Waals surface area contributed by atoms with Crippen molar-refractivity contribution in [2.75, 3.05) is 0 Å². The highest BCUT2D eigenvalue weighted by atomic mass is 79.9. The molecular formula is C10H9BrN4O2. The summed E-state index contributed by atoms with van der Waals surface area (Å²) in [4.78, 5) is 10.9. The van der Waals surface area contributed by atoms with E-state index in [1.807, 2.05) is 24.3 Å². The Morgan fingerprint density at radius 3 is 2.94 bits per heavy atom. The molecule has 0 fully saturated rings. The highest BCUT2D eigenvalue weighted by Crippen LogP contribution is 2.22. The maximum absolute atomic E-state index is 10.9. The molecule has 7 heteroatoms. The van der Waals surface area contributed by atoms with E-state index in [2.05, 4.69) is 31.5 Å². The highest BCUT2D eigenvalue weighted by molar-refractivity contribution is 9.10. The normalized spacial score (nSPS) is 12.4. The minimum atomic E-state index is -0.978. The second kappa shape index (κ2) is 4.62. The molecule has 1 aromatic carbocycles. The predicted molar refractivity (Wildman–Crippen MR) is 63.3 cm³/mol. The van der Waals surface area contributed by atoms with Gasteiger partial charge in [0.25, 0.3) is 0 Å². The van der Waals surface area contributed by atoms with Gasteiger partial charge in [0.1, 0.15) is 0 Å². The Kier molecular flexibility index (Phi) is 3.19. The number of halogens is 1. The zero-order valence-electron chi connectivity index (χ0n) is 8.91. The summed E-state index contributed by atoms with van der Waals surface area (Å²) in [5.41, 5.74) is 0.762. The van der Waals surface area contributed by atoms with Gasteiger partial charge in [-0.2, -0.15) is 0 Å². The largest absolute Gasteiger partial charge is 0.480 e. The lowest BCUT2D eigenvalue weighted by Crippen LogP contribution is -2.18. The fraction of sp³-hybridized carbons (Fsp3) is 0.200. The first-order valence-electron chi connectivity index (χ1n) is 4.86. The molecule has 1 aromatic heterocycles. The molecule has 1 atom stereocenters. The van der Waals surface area contributed by atoms with Gasteiger partial charge >= 0.3 is 5.97 Å². The molecule has 2 aromatic rings. The van der Waals surface area contributed by atoms with Crippen molar-refractivity contribution < 1.29 is 9.90 Å². The first-order valence-corrected chi connectivity index (χ1v) is 5.65. The third-order valence-electron chi connectivity index (χ3n) is 2.30. The van der Waals surface area contributed by atoms with Crippen LogP contribution in [0.25, 0.3) is 11.4 Å². The molecule has 1 N–H and O–H groups in total. The van der Waals surface area contributed by atoms with Crippen LogP contribution in [0, 0.1) is 0 Å². The zero-order chi connectivity index (χ0) is 12.4. The molecule has 1 unspecified atom stereocenters. The van der Waals surface area contributed by atoms with Gasteiger partial charge in [0.05, 0.1) is 0 Å². The van der Waals surface area contributed by atoms with E-state index in [9.17, 15) is 4.79 Å². The Morgan fingerprint density at radius 2 is 2.29 bits per heavy atom. The molecule has 0 radical (unpaired) electrons. The van der Waals surface area contributed by atoms with Crippen LogP contribution >= 0.6 is 15.9 Å². The molecule has 0 bridgehead atoms. The third-order valence-corrected chi connectivity index (χ3v) is 2.79. The fourth-order valence-corrected chi connectivity index (χ4v) is 1.78. The van der Waals surface area contributed by atoms with E-state index < -0.39 is 12.0 Å². The van der Waals surface area contributed by atoms with Crippen LogP contribution in [0.1, 0.15) is 13.0 Å². The molecule has 0 aliphatic rings. The third kappa shape index (κ3) is 2.33. The van der Waals surface area contributed by atoms with Gasteiger partial charge in [0, 0.05) is 10.0 Å². The Bertz CT molecular complexity index is 555. The summed E-state index contributed by atoms with van der Waals surface area (Å²) < 4.78 is 2.16. The second-order valence-corrected chi connectivity index (χ2v) is 4.39. The number of hydrogen-bond acceptors (Lipinski definition) is 4. The summed E-state index contributed by atoms with van der Waals surface area (Å²) in [5, 5.41) is 20.0. The Labute approximate surface area is 105 Å². The molecule has 17 heavy (non-hydrogen) atoms. The van der Waals surface area contributed by atoms with E-state index in [4.69, 9.17) is 5.11 Å². The van der Waals surface area contributed by atoms with Crippen molar-refractivity contribution in [3.63, 3.8) is 0 Å². The summed E-state index contributed by atoms with van der Waals surface area (Å²) in [5.74, 6) is -0.547. The predicted octanol–water partition coefficient (Wildman–Crippen LogP) is 1.75. The van der Waals surface area contributed by atoms with Crippen molar-refractivity contribution in [3.05, 3.63) is 28.7 Å². The lowest BCUT2D eigenvalue weighted by molar-refractivity contribution is -0.140. The van der Waals surface area contributed by atoms with E-state index in [0.717, 1.165) is 10.0 Å². The van der Waals surface area contributed by atoms with Crippen LogP contribution in [-0.2, 0) is 4.79 Å². The molecule has 0 aliphatic carbocycles. The molecule has 0 spiro atoms. The number of aliphatic carboxylic acids is 1. The van der Waals surface area contributed by atoms with Crippen molar-refractivity contribution in [2.24, 2.45) is 0 Å². The van der Waals surface area contributed by atoms with Crippen molar-refractivity contribution >= 4 is 21.9 Å². The molecule has 0 saturated carbocycles. The summed E-state index contributed by atoms with van der Waals surface area (Å²) in [6.07, 6.45) is 0. The number of carboxylic acids is 1. The molecule has 88 valence electrons. The average molecular weight is 297 g/mol. The number of tetrazole rings is 1. The van der Waals surface area contributed by atoms with Crippen LogP contribution in [0.3, 0.4) is 0 Å². The van der Waals surface area contributed by atoms with Crippen LogP contribution in [0.4, 0.5) is 0 Å². The van der Waals surface area contributed by atoms with E-state index in [1.165, 1.54) is 11.6 Å². The van der Waals surface area contributed by atoms with Crippen LogP contribution in [-0.4, -0.2) is 31.3 Å². The fourth-order valence-electron chi connectivity index (χ4n) is 1.38. The standard InChI is InChI=1S/C10H9BrN4O2/c1-6(10(16)17)15-9(12-13-14-15)7-3-2-4-8(11)5-7/h2-6H,1H3,(H,16,17). The Hall–Kier alpha value is -1.76.